The first kappa shape index (κ1) is 14.4. The molecule has 0 amide bonds. The fourth-order valence-corrected chi connectivity index (χ4v) is 3.92. The van der Waals surface area contributed by atoms with Gasteiger partial charge in [-0.25, -0.2) is 13.1 Å². The van der Waals surface area contributed by atoms with Crippen LogP contribution in [-0.4, -0.2) is 31.7 Å². The summed E-state index contributed by atoms with van der Waals surface area (Å²) < 4.78 is 26.9. The molecular formula is C13H21N3O2S. The zero-order valence-corrected chi connectivity index (χ0v) is 11.8. The van der Waals surface area contributed by atoms with Crippen molar-refractivity contribution in [2.75, 3.05) is 12.3 Å². The first-order chi connectivity index (χ1) is 9.11. The van der Waals surface area contributed by atoms with Gasteiger partial charge in [-0.15, -0.1) is 0 Å². The highest BCUT2D eigenvalue weighted by Gasteiger charge is 2.29. The second-order valence-corrected chi connectivity index (χ2v) is 6.91. The molecule has 0 aromatic carbocycles. The van der Waals surface area contributed by atoms with Crippen LogP contribution in [-0.2, 0) is 16.4 Å². The van der Waals surface area contributed by atoms with Crippen LogP contribution in [0.3, 0.4) is 0 Å². The Labute approximate surface area is 114 Å². The van der Waals surface area contributed by atoms with E-state index in [1.54, 1.807) is 6.20 Å². The summed E-state index contributed by atoms with van der Waals surface area (Å²) in [5.74, 6) is 0.363. The molecule has 19 heavy (non-hydrogen) atoms. The molecule has 2 atom stereocenters. The lowest BCUT2D eigenvalue weighted by Gasteiger charge is -2.19. The van der Waals surface area contributed by atoms with Gasteiger partial charge in [-0.3, -0.25) is 4.98 Å². The maximum Gasteiger partial charge on any atom is 0.212 e. The van der Waals surface area contributed by atoms with Crippen molar-refractivity contribution in [1.82, 2.24) is 9.71 Å². The molecule has 2 rings (SSSR count). The molecule has 1 heterocycles. The van der Waals surface area contributed by atoms with Crippen LogP contribution in [0.25, 0.3) is 0 Å². The molecule has 1 aromatic heterocycles. The summed E-state index contributed by atoms with van der Waals surface area (Å²) in [5.41, 5.74) is 6.46. The first-order valence-corrected chi connectivity index (χ1v) is 8.36. The number of sulfonamides is 1. The zero-order valence-electron chi connectivity index (χ0n) is 11.0. The molecular weight excluding hydrogens is 262 g/mol. The van der Waals surface area contributed by atoms with Gasteiger partial charge in [-0.2, -0.15) is 0 Å². The van der Waals surface area contributed by atoms with Crippen molar-refractivity contribution in [2.45, 2.75) is 31.7 Å². The van der Waals surface area contributed by atoms with E-state index in [0.29, 0.717) is 13.0 Å². The van der Waals surface area contributed by atoms with Crippen LogP contribution in [0.1, 0.15) is 25.0 Å². The summed E-state index contributed by atoms with van der Waals surface area (Å²) in [7, 11) is -3.25. The van der Waals surface area contributed by atoms with E-state index in [9.17, 15) is 8.42 Å². The normalized spacial score (nSPS) is 23.6. The minimum atomic E-state index is -3.25. The van der Waals surface area contributed by atoms with Gasteiger partial charge in [0.25, 0.3) is 0 Å². The molecule has 0 saturated heterocycles. The van der Waals surface area contributed by atoms with Gasteiger partial charge in [0.1, 0.15) is 0 Å². The smallest absolute Gasteiger partial charge is 0.212 e. The number of nitrogens with two attached hydrogens (primary N) is 1. The molecule has 0 radical (unpaired) electrons. The molecule has 1 aromatic rings. The zero-order chi connectivity index (χ0) is 13.7. The topological polar surface area (TPSA) is 85.1 Å². The lowest BCUT2D eigenvalue weighted by molar-refractivity contribution is 0.452. The van der Waals surface area contributed by atoms with E-state index in [4.69, 9.17) is 5.73 Å². The van der Waals surface area contributed by atoms with Crippen LogP contribution < -0.4 is 10.5 Å². The fourth-order valence-electron chi connectivity index (χ4n) is 2.55. The average molecular weight is 283 g/mol. The Hall–Kier alpha value is -0.980. The van der Waals surface area contributed by atoms with Gasteiger partial charge in [0.05, 0.1) is 5.75 Å². The molecule has 0 spiro atoms. The Balaban J connectivity index is 1.88. The Kier molecular flexibility index (Phi) is 4.90. The lowest BCUT2D eigenvalue weighted by Crippen LogP contribution is -2.41. The third-order valence-corrected chi connectivity index (χ3v) is 5.05. The van der Waals surface area contributed by atoms with E-state index in [1.165, 1.54) is 0 Å². The van der Waals surface area contributed by atoms with E-state index >= 15 is 0 Å². The van der Waals surface area contributed by atoms with E-state index in [1.807, 2.05) is 18.2 Å². The highest BCUT2D eigenvalue weighted by atomic mass is 32.2. The third kappa shape index (κ3) is 4.26. The summed E-state index contributed by atoms with van der Waals surface area (Å²) in [4.78, 5) is 4.13. The lowest BCUT2D eigenvalue weighted by atomic mass is 10.1. The van der Waals surface area contributed by atoms with Crippen molar-refractivity contribution in [3.8, 4) is 0 Å². The van der Waals surface area contributed by atoms with Crippen molar-refractivity contribution in [3.63, 3.8) is 0 Å². The van der Waals surface area contributed by atoms with Crippen molar-refractivity contribution in [3.05, 3.63) is 30.1 Å². The molecule has 6 heteroatoms. The largest absolute Gasteiger partial charge is 0.330 e. The van der Waals surface area contributed by atoms with Gasteiger partial charge in [-0.05, 0) is 37.4 Å². The van der Waals surface area contributed by atoms with E-state index in [-0.39, 0.29) is 17.7 Å². The summed E-state index contributed by atoms with van der Waals surface area (Å²) >= 11 is 0. The molecule has 0 aliphatic heterocycles. The minimum Gasteiger partial charge on any atom is -0.330 e. The maximum atomic E-state index is 12.0. The number of aromatic nitrogens is 1. The van der Waals surface area contributed by atoms with Gasteiger partial charge in [-0.1, -0.05) is 12.5 Å². The van der Waals surface area contributed by atoms with E-state index in [0.717, 1.165) is 25.0 Å². The van der Waals surface area contributed by atoms with Gasteiger partial charge < -0.3 is 5.73 Å². The van der Waals surface area contributed by atoms with Gasteiger partial charge in [0.15, 0.2) is 0 Å². The molecule has 106 valence electrons. The standard InChI is InChI=1S/C13H21N3O2S/c14-10-11-4-3-6-13(11)16-19(17,18)9-7-12-5-1-2-8-15-12/h1-2,5,8,11,13,16H,3-4,6-7,9-10,14H2. The average Bonchev–Trinajstić information content (AvgIpc) is 2.84. The number of rotatable bonds is 6. The maximum absolute atomic E-state index is 12.0. The Morgan fingerprint density at radius 2 is 2.21 bits per heavy atom. The fraction of sp³-hybridized carbons (Fsp3) is 0.615. The van der Waals surface area contributed by atoms with Crippen LogP contribution in [0.15, 0.2) is 24.4 Å². The minimum absolute atomic E-state index is 0.0127. The van der Waals surface area contributed by atoms with Gasteiger partial charge in [0, 0.05) is 24.4 Å². The quantitative estimate of drug-likeness (QED) is 0.803. The van der Waals surface area contributed by atoms with Crippen LogP contribution in [0.5, 0.6) is 0 Å². The molecule has 1 saturated carbocycles. The summed E-state index contributed by atoms with van der Waals surface area (Å²) in [6, 6.07) is 5.54. The third-order valence-electron chi connectivity index (χ3n) is 3.65. The number of nitrogens with zero attached hydrogens (tertiary/aromatic N) is 1. The molecule has 0 bridgehead atoms. The number of hydrogen-bond donors (Lipinski definition) is 2. The van der Waals surface area contributed by atoms with Crippen molar-refractivity contribution >= 4 is 10.0 Å². The Morgan fingerprint density at radius 1 is 1.37 bits per heavy atom. The van der Waals surface area contributed by atoms with Crippen molar-refractivity contribution < 1.29 is 8.42 Å². The van der Waals surface area contributed by atoms with E-state index < -0.39 is 10.0 Å². The van der Waals surface area contributed by atoms with Crippen LogP contribution in [0.2, 0.25) is 0 Å². The number of pyridine rings is 1. The summed E-state index contributed by atoms with van der Waals surface area (Å²) in [6.45, 7) is 0.549. The number of hydrogen-bond acceptors (Lipinski definition) is 4. The predicted molar refractivity (Wildman–Crippen MR) is 75.0 cm³/mol. The van der Waals surface area contributed by atoms with Gasteiger partial charge >= 0.3 is 0 Å². The van der Waals surface area contributed by atoms with Crippen molar-refractivity contribution in [1.29, 1.82) is 0 Å². The van der Waals surface area contributed by atoms with Crippen LogP contribution in [0.4, 0.5) is 0 Å². The first-order valence-electron chi connectivity index (χ1n) is 6.71. The van der Waals surface area contributed by atoms with Crippen LogP contribution >= 0.6 is 0 Å². The van der Waals surface area contributed by atoms with Crippen LogP contribution in [0, 0.1) is 5.92 Å². The molecule has 3 N–H and O–H groups in total. The predicted octanol–water partition coefficient (Wildman–Crippen LogP) is 0.671. The van der Waals surface area contributed by atoms with Gasteiger partial charge in [0.2, 0.25) is 10.0 Å². The SMILES string of the molecule is NCC1CCCC1NS(=O)(=O)CCc1ccccn1. The Morgan fingerprint density at radius 3 is 2.89 bits per heavy atom. The molecule has 1 aliphatic rings. The molecule has 5 nitrogen and oxygen atoms in total. The molecule has 1 fully saturated rings. The van der Waals surface area contributed by atoms with E-state index in [2.05, 4.69) is 9.71 Å². The Bertz CT molecular complexity index is 490. The summed E-state index contributed by atoms with van der Waals surface area (Å²) in [6.07, 6.45) is 5.08. The van der Waals surface area contributed by atoms with Crippen molar-refractivity contribution in [2.24, 2.45) is 11.7 Å². The molecule has 2 unspecified atom stereocenters. The summed E-state index contributed by atoms with van der Waals surface area (Å²) in [5, 5.41) is 0. The highest BCUT2D eigenvalue weighted by Crippen LogP contribution is 2.25. The molecule has 1 aliphatic carbocycles. The monoisotopic (exact) mass is 283 g/mol. The second-order valence-electron chi connectivity index (χ2n) is 5.04. The highest BCUT2D eigenvalue weighted by molar-refractivity contribution is 7.89. The second kappa shape index (κ2) is 6.45. The number of nitrogens with one attached hydrogen (secondary N) is 1. The number of aryl methyl sites for hydroxylation is 1.